The largest absolute Gasteiger partial charge is 0.468 e. The number of carbonyl (C=O) groups is 1. The van der Waals surface area contributed by atoms with Crippen molar-refractivity contribution in [1.29, 1.82) is 0 Å². The van der Waals surface area contributed by atoms with E-state index in [-0.39, 0.29) is 12.1 Å². The van der Waals surface area contributed by atoms with E-state index in [1.165, 1.54) is 7.11 Å². The summed E-state index contributed by atoms with van der Waals surface area (Å²) in [7, 11) is 3.08. The highest BCUT2D eigenvalue weighted by Gasteiger charge is 2.28. The number of fused-ring (bicyclic) bond motifs is 1. The Bertz CT molecular complexity index is 1000. The Labute approximate surface area is 155 Å². The van der Waals surface area contributed by atoms with Crippen LogP contribution in [0.4, 0.5) is 0 Å². The number of carbonyl (C=O) groups excluding carboxylic acids is 1. The lowest BCUT2D eigenvalue weighted by atomic mass is 10.1. The molecule has 26 heavy (non-hydrogen) atoms. The summed E-state index contributed by atoms with van der Waals surface area (Å²) in [5.74, 6) is 0.0147. The fourth-order valence-electron chi connectivity index (χ4n) is 2.89. The second-order valence-electron chi connectivity index (χ2n) is 5.89. The van der Waals surface area contributed by atoms with E-state index in [9.17, 15) is 9.59 Å². The van der Waals surface area contributed by atoms with Crippen LogP contribution in [0.2, 0.25) is 5.02 Å². The second kappa shape index (κ2) is 7.68. The van der Waals surface area contributed by atoms with Crippen LogP contribution in [0.15, 0.2) is 53.3 Å². The summed E-state index contributed by atoms with van der Waals surface area (Å²) in [4.78, 5) is 33.6. The van der Waals surface area contributed by atoms with E-state index >= 15 is 0 Å². The first kappa shape index (κ1) is 18.1. The topological polar surface area (TPSA) is 75.3 Å². The van der Waals surface area contributed by atoms with E-state index in [1.807, 2.05) is 6.07 Å². The Hall–Kier alpha value is -2.70. The number of aromatic amines is 1. The molecule has 3 rings (SSSR count). The summed E-state index contributed by atoms with van der Waals surface area (Å²) >= 11 is 6.26. The molecule has 0 saturated carbocycles. The third-order valence-corrected chi connectivity index (χ3v) is 4.47. The molecule has 134 valence electrons. The Morgan fingerprint density at radius 2 is 1.92 bits per heavy atom. The van der Waals surface area contributed by atoms with E-state index in [2.05, 4.69) is 9.97 Å². The number of nitrogens with one attached hydrogen (secondary N) is 1. The number of likely N-dealkylation sites (N-methyl/N-ethyl adjacent to an activating group) is 1. The number of esters is 1. The molecule has 0 aliphatic rings. The molecule has 0 unspecified atom stereocenters. The number of methoxy groups -OCH3 is 1. The third-order valence-electron chi connectivity index (χ3n) is 4.13. The number of benzene rings is 2. The quantitative estimate of drug-likeness (QED) is 0.698. The maximum Gasteiger partial charge on any atom is 0.327 e. The lowest BCUT2D eigenvalue weighted by Gasteiger charge is -2.26. The van der Waals surface area contributed by atoms with Gasteiger partial charge in [-0.25, -0.2) is 9.78 Å². The predicted octanol–water partition coefficient (Wildman–Crippen LogP) is 2.92. The van der Waals surface area contributed by atoms with Gasteiger partial charge >= 0.3 is 5.97 Å². The van der Waals surface area contributed by atoms with Crippen molar-refractivity contribution in [2.75, 3.05) is 14.2 Å². The Morgan fingerprint density at radius 3 is 2.65 bits per heavy atom. The van der Waals surface area contributed by atoms with Gasteiger partial charge in [-0.1, -0.05) is 41.9 Å². The fraction of sp³-hybridized carbons (Fsp3) is 0.211. The van der Waals surface area contributed by atoms with E-state index in [1.54, 1.807) is 54.4 Å². The first-order chi connectivity index (χ1) is 12.5. The van der Waals surface area contributed by atoms with Crippen molar-refractivity contribution in [1.82, 2.24) is 14.9 Å². The lowest BCUT2D eigenvalue weighted by molar-refractivity contribution is -0.147. The van der Waals surface area contributed by atoms with Gasteiger partial charge < -0.3 is 9.72 Å². The van der Waals surface area contributed by atoms with Crippen molar-refractivity contribution in [3.05, 3.63) is 75.3 Å². The number of aromatic nitrogens is 2. The molecule has 3 aromatic rings. The van der Waals surface area contributed by atoms with Gasteiger partial charge in [-0.3, -0.25) is 9.69 Å². The zero-order chi connectivity index (χ0) is 18.7. The van der Waals surface area contributed by atoms with Crippen LogP contribution in [0.5, 0.6) is 0 Å². The number of rotatable bonds is 5. The standard InChI is InChI=1S/C19H18ClN3O3/c1-23(17(19(25)26-2)12-7-3-5-9-14(12)20)11-16-21-15-10-6-4-8-13(15)18(24)22-16/h3-10,17H,11H2,1-2H3,(H,21,22,24)/t17-/m0/s1. The molecule has 0 bridgehead atoms. The lowest BCUT2D eigenvalue weighted by Crippen LogP contribution is -2.32. The number of halogens is 1. The van der Waals surface area contributed by atoms with Crippen molar-refractivity contribution < 1.29 is 9.53 Å². The zero-order valence-corrected chi connectivity index (χ0v) is 15.2. The number of nitrogens with zero attached hydrogens (tertiary/aromatic N) is 2. The number of para-hydroxylation sites is 1. The molecule has 1 atom stereocenters. The number of hydrogen-bond donors (Lipinski definition) is 1. The predicted molar refractivity (Wildman–Crippen MR) is 100 cm³/mol. The van der Waals surface area contributed by atoms with Gasteiger partial charge in [0.15, 0.2) is 0 Å². The van der Waals surface area contributed by atoms with Crippen molar-refractivity contribution >= 4 is 28.5 Å². The van der Waals surface area contributed by atoms with Gasteiger partial charge in [0, 0.05) is 5.02 Å². The molecule has 0 aliphatic carbocycles. The molecule has 1 N–H and O–H groups in total. The van der Waals surface area contributed by atoms with Gasteiger partial charge in [0.1, 0.15) is 11.9 Å². The highest BCUT2D eigenvalue weighted by Crippen LogP contribution is 2.28. The molecule has 1 heterocycles. The molecule has 1 aromatic heterocycles. The summed E-state index contributed by atoms with van der Waals surface area (Å²) < 4.78 is 4.94. The molecular weight excluding hydrogens is 354 g/mol. The third kappa shape index (κ3) is 3.61. The van der Waals surface area contributed by atoms with Gasteiger partial charge in [-0.15, -0.1) is 0 Å². The van der Waals surface area contributed by atoms with Gasteiger partial charge in [0.25, 0.3) is 5.56 Å². The first-order valence-corrected chi connectivity index (χ1v) is 8.39. The first-order valence-electron chi connectivity index (χ1n) is 8.01. The van der Waals surface area contributed by atoms with Gasteiger partial charge in [0.2, 0.25) is 0 Å². The number of ether oxygens (including phenoxy) is 1. The Kier molecular flexibility index (Phi) is 5.35. The highest BCUT2D eigenvalue weighted by atomic mass is 35.5. The molecular formula is C19H18ClN3O3. The van der Waals surface area contributed by atoms with Crippen LogP contribution in [0.1, 0.15) is 17.4 Å². The summed E-state index contributed by atoms with van der Waals surface area (Å²) in [5, 5.41) is 0.990. The van der Waals surface area contributed by atoms with Crippen LogP contribution in [-0.4, -0.2) is 35.0 Å². The van der Waals surface area contributed by atoms with Crippen LogP contribution in [-0.2, 0) is 16.1 Å². The molecule has 0 fully saturated rings. The van der Waals surface area contributed by atoms with Crippen molar-refractivity contribution in [2.24, 2.45) is 0 Å². The highest BCUT2D eigenvalue weighted by molar-refractivity contribution is 6.31. The van der Waals surface area contributed by atoms with Crippen LogP contribution < -0.4 is 5.56 Å². The Morgan fingerprint density at radius 1 is 1.23 bits per heavy atom. The average molecular weight is 372 g/mol. The number of H-pyrrole nitrogens is 1. The summed E-state index contributed by atoms with van der Waals surface area (Å²) in [6.45, 7) is 0.241. The van der Waals surface area contributed by atoms with Crippen molar-refractivity contribution in [3.63, 3.8) is 0 Å². The molecule has 0 amide bonds. The maximum atomic E-state index is 12.4. The fourth-order valence-corrected chi connectivity index (χ4v) is 3.13. The van der Waals surface area contributed by atoms with Crippen LogP contribution in [0.3, 0.4) is 0 Å². The van der Waals surface area contributed by atoms with Crippen LogP contribution in [0, 0.1) is 0 Å². The smallest absolute Gasteiger partial charge is 0.327 e. The van der Waals surface area contributed by atoms with Crippen LogP contribution in [0.25, 0.3) is 10.9 Å². The van der Waals surface area contributed by atoms with Gasteiger partial charge in [-0.2, -0.15) is 0 Å². The monoisotopic (exact) mass is 371 g/mol. The summed E-state index contributed by atoms with van der Waals surface area (Å²) in [6, 6.07) is 13.5. The zero-order valence-electron chi connectivity index (χ0n) is 14.4. The molecule has 6 nitrogen and oxygen atoms in total. The minimum absolute atomic E-state index is 0.216. The van der Waals surface area contributed by atoms with E-state index < -0.39 is 12.0 Å². The normalized spacial score (nSPS) is 12.3. The van der Waals surface area contributed by atoms with E-state index in [4.69, 9.17) is 16.3 Å². The molecule has 0 aliphatic heterocycles. The molecule has 2 aromatic carbocycles. The van der Waals surface area contributed by atoms with Gasteiger partial charge in [-0.05, 0) is 30.8 Å². The minimum Gasteiger partial charge on any atom is -0.468 e. The SMILES string of the molecule is COC(=O)[C@H](c1ccccc1Cl)N(C)Cc1nc2ccccc2c(=O)[nH]1. The molecule has 0 spiro atoms. The minimum atomic E-state index is -0.717. The second-order valence-corrected chi connectivity index (χ2v) is 6.30. The summed E-state index contributed by atoms with van der Waals surface area (Å²) in [6.07, 6.45) is 0. The molecule has 0 saturated heterocycles. The maximum absolute atomic E-state index is 12.4. The van der Waals surface area contributed by atoms with Gasteiger partial charge in [0.05, 0.1) is 24.6 Å². The average Bonchev–Trinajstić information content (AvgIpc) is 2.63. The number of hydrogen-bond acceptors (Lipinski definition) is 5. The Balaban J connectivity index is 1.96. The van der Waals surface area contributed by atoms with Crippen molar-refractivity contribution in [3.8, 4) is 0 Å². The molecule has 0 radical (unpaired) electrons. The van der Waals surface area contributed by atoms with E-state index in [0.717, 1.165) is 0 Å². The van der Waals surface area contributed by atoms with Crippen molar-refractivity contribution in [2.45, 2.75) is 12.6 Å². The van der Waals surface area contributed by atoms with E-state index in [0.29, 0.717) is 27.3 Å². The van der Waals surface area contributed by atoms with Crippen LogP contribution >= 0.6 is 11.6 Å². The summed E-state index contributed by atoms with van der Waals surface area (Å²) in [5.41, 5.74) is 1.02. The molecule has 7 heteroatoms.